The number of rotatable bonds is 4. The van der Waals surface area contributed by atoms with Gasteiger partial charge in [-0.3, -0.25) is 9.59 Å². The van der Waals surface area contributed by atoms with E-state index in [9.17, 15) is 9.59 Å². The van der Waals surface area contributed by atoms with Gasteiger partial charge in [0.1, 0.15) is 0 Å². The number of anilines is 2. The van der Waals surface area contributed by atoms with Crippen LogP contribution < -0.4 is 16.4 Å². The van der Waals surface area contributed by atoms with Crippen LogP contribution in [0.4, 0.5) is 11.4 Å². The average Bonchev–Trinajstić information content (AvgIpc) is 3.12. The van der Waals surface area contributed by atoms with Crippen LogP contribution >= 0.6 is 0 Å². The Morgan fingerprint density at radius 2 is 1.61 bits per heavy atom. The zero-order chi connectivity index (χ0) is 19.5. The maximum atomic E-state index is 12.6. The predicted molar refractivity (Wildman–Crippen MR) is 110 cm³/mol. The summed E-state index contributed by atoms with van der Waals surface area (Å²) in [6.07, 6.45) is 1.65. The minimum atomic E-state index is -0.197. The van der Waals surface area contributed by atoms with E-state index < -0.39 is 0 Å². The summed E-state index contributed by atoms with van der Waals surface area (Å²) in [5.74, 6) is -0.280. The van der Waals surface area contributed by atoms with E-state index in [2.05, 4.69) is 10.6 Å². The lowest BCUT2D eigenvalue weighted by Gasteiger charge is -2.15. The van der Waals surface area contributed by atoms with Crippen molar-refractivity contribution in [1.29, 1.82) is 0 Å². The molecule has 3 aromatic carbocycles. The number of benzene rings is 3. The van der Waals surface area contributed by atoms with Crippen molar-refractivity contribution < 1.29 is 9.59 Å². The molecule has 0 aliphatic heterocycles. The Balaban J connectivity index is 1.48. The number of nitrogens with one attached hydrogen (secondary N) is 2. The fraction of sp³-hybridized carbons (Fsp3) is 0.130. The largest absolute Gasteiger partial charge is 0.397 e. The molecule has 1 unspecified atom stereocenters. The van der Waals surface area contributed by atoms with Gasteiger partial charge in [0.25, 0.3) is 11.8 Å². The summed E-state index contributed by atoms with van der Waals surface area (Å²) in [6.45, 7) is 0. The minimum Gasteiger partial charge on any atom is -0.397 e. The number of fused-ring (bicyclic) bond motifs is 1. The smallest absolute Gasteiger partial charge is 0.255 e. The Labute approximate surface area is 163 Å². The third kappa shape index (κ3) is 3.60. The highest BCUT2D eigenvalue weighted by Gasteiger charge is 2.25. The van der Waals surface area contributed by atoms with Crippen LogP contribution in [0.5, 0.6) is 0 Å². The Hall–Kier alpha value is -3.60. The van der Waals surface area contributed by atoms with E-state index in [0.717, 1.165) is 24.0 Å². The lowest BCUT2D eigenvalue weighted by atomic mass is 10.0. The van der Waals surface area contributed by atoms with E-state index in [1.54, 1.807) is 30.3 Å². The Morgan fingerprint density at radius 3 is 2.39 bits per heavy atom. The second-order valence-corrected chi connectivity index (χ2v) is 6.89. The summed E-state index contributed by atoms with van der Waals surface area (Å²) in [7, 11) is 0. The maximum Gasteiger partial charge on any atom is 0.255 e. The molecular formula is C23H21N3O2. The summed E-state index contributed by atoms with van der Waals surface area (Å²) < 4.78 is 0. The summed E-state index contributed by atoms with van der Waals surface area (Å²) in [6, 6.07) is 21.9. The van der Waals surface area contributed by atoms with Crippen molar-refractivity contribution in [3.63, 3.8) is 0 Å². The molecule has 0 saturated carbocycles. The van der Waals surface area contributed by atoms with Gasteiger partial charge < -0.3 is 16.4 Å². The number of hydrogen-bond acceptors (Lipinski definition) is 3. The van der Waals surface area contributed by atoms with Crippen LogP contribution in [0.1, 0.15) is 44.3 Å². The van der Waals surface area contributed by atoms with E-state index in [1.807, 2.05) is 42.5 Å². The number of carbonyl (C=O) groups is 2. The first-order chi connectivity index (χ1) is 13.6. The molecule has 0 heterocycles. The molecule has 0 spiro atoms. The monoisotopic (exact) mass is 371 g/mol. The van der Waals surface area contributed by atoms with Gasteiger partial charge in [-0.05, 0) is 60.4 Å². The van der Waals surface area contributed by atoms with Gasteiger partial charge >= 0.3 is 0 Å². The first-order valence-corrected chi connectivity index (χ1v) is 9.26. The molecule has 1 atom stereocenters. The van der Waals surface area contributed by atoms with Gasteiger partial charge in [0, 0.05) is 11.1 Å². The van der Waals surface area contributed by atoms with Gasteiger partial charge in [0.2, 0.25) is 0 Å². The predicted octanol–water partition coefficient (Wildman–Crippen LogP) is 3.94. The highest BCUT2D eigenvalue weighted by Crippen LogP contribution is 2.32. The summed E-state index contributed by atoms with van der Waals surface area (Å²) >= 11 is 0. The Kier molecular flexibility index (Phi) is 4.81. The van der Waals surface area contributed by atoms with Crippen molar-refractivity contribution in [3.8, 4) is 0 Å². The molecule has 1 aliphatic carbocycles. The number of aryl methyl sites for hydroxylation is 1. The lowest BCUT2D eigenvalue weighted by molar-refractivity contribution is 0.0936. The number of nitrogens with two attached hydrogens (primary N) is 1. The highest BCUT2D eigenvalue weighted by molar-refractivity contribution is 6.06. The SMILES string of the molecule is Nc1ccccc1NC(=O)c1ccc2c(c1)CCC2NC(=O)c1ccccc1. The molecule has 4 rings (SSSR count). The molecule has 1 aliphatic rings. The molecule has 0 saturated heterocycles. The number of hydrogen-bond donors (Lipinski definition) is 3. The zero-order valence-corrected chi connectivity index (χ0v) is 15.3. The van der Waals surface area contributed by atoms with E-state index >= 15 is 0 Å². The van der Waals surface area contributed by atoms with Gasteiger partial charge in [-0.15, -0.1) is 0 Å². The number of nitrogen functional groups attached to an aromatic ring is 1. The normalized spacial score (nSPS) is 14.9. The first-order valence-electron chi connectivity index (χ1n) is 9.26. The lowest BCUT2D eigenvalue weighted by Crippen LogP contribution is -2.27. The van der Waals surface area contributed by atoms with E-state index in [0.29, 0.717) is 22.5 Å². The minimum absolute atomic E-state index is 0.0374. The molecule has 3 aromatic rings. The van der Waals surface area contributed by atoms with Crippen molar-refractivity contribution in [2.75, 3.05) is 11.1 Å². The van der Waals surface area contributed by atoms with Crippen molar-refractivity contribution in [2.24, 2.45) is 0 Å². The fourth-order valence-corrected chi connectivity index (χ4v) is 3.55. The second kappa shape index (κ2) is 7.56. The van der Waals surface area contributed by atoms with Crippen LogP contribution in [0.15, 0.2) is 72.8 Å². The van der Waals surface area contributed by atoms with Gasteiger partial charge in [-0.2, -0.15) is 0 Å². The highest BCUT2D eigenvalue weighted by atomic mass is 16.2. The van der Waals surface area contributed by atoms with Crippen molar-refractivity contribution in [3.05, 3.63) is 95.1 Å². The second-order valence-electron chi connectivity index (χ2n) is 6.89. The molecule has 0 fully saturated rings. The average molecular weight is 371 g/mol. The standard InChI is InChI=1S/C23H21N3O2/c24-19-8-4-5-9-21(19)26-23(28)17-10-12-18-16(14-17)11-13-20(18)25-22(27)15-6-2-1-3-7-15/h1-10,12,14,20H,11,13,24H2,(H,25,27)(H,26,28). The van der Waals surface area contributed by atoms with Crippen molar-refractivity contribution >= 4 is 23.2 Å². The van der Waals surface area contributed by atoms with E-state index in [-0.39, 0.29) is 17.9 Å². The third-order valence-corrected chi connectivity index (χ3v) is 5.03. The number of para-hydroxylation sites is 2. The first kappa shape index (κ1) is 17.8. The topological polar surface area (TPSA) is 84.2 Å². The van der Waals surface area contributed by atoms with Crippen LogP contribution in [-0.4, -0.2) is 11.8 Å². The van der Waals surface area contributed by atoms with Crippen LogP contribution in [0, 0.1) is 0 Å². The zero-order valence-electron chi connectivity index (χ0n) is 15.3. The summed E-state index contributed by atoms with van der Waals surface area (Å²) in [4.78, 5) is 25.0. The maximum absolute atomic E-state index is 12.6. The number of carbonyl (C=O) groups excluding carboxylic acids is 2. The van der Waals surface area contributed by atoms with Gasteiger partial charge in [0.15, 0.2) is 0 Å². The van der Waals surface area contributed by atoms with Crippen LogP contribution in [0.3, 0.4) is 0 Å². The van der Waals surface area contributed by atoms with Crippen LogP contribution in [-0.2, 0) is 6.42 Å². The molecule has 28 heavy (non-hydrogen) atoms. The summed E-state index contributed by atoms with van der Waals surface area (Å²) in [5, 5.41) is 5.94. The van der Waals surface area contributed by atoms with E-state index in [4.69, 9.17) is 5.73 Å². The van der Waals surface area contributed by atoms with Gasteiger partial charge in [-0.25, -0.2) is 0 Å². The van der Waals surface area contributed by atoms with Gasteiger partial charge in [0.05, 0.1) is 17.4 Å². The third-order valence-electron chi connectivity index (χ3n) is 5.03. The molecule has 0 radical (unpaired) electrons. The quantitative estimate of drug-likeness (QED) is 0.608. The fourth-order valence-electron chi connectivity index (χ4n) is 3.55. The van der Waals surface area contributed by atoms with Crippen LogP contribution in [0.25, 0.3) is 0 Å². The Morgan fingerprint density at radius 1 is 0.857 bits per heavy atom. The molecule has 0 bridgehead atoms. The van der Waals surface area contributed by atoms with Crippen molar-refractivity contribution in [1.82, 2.24) is 5.32 Å². The molecule has 5 nitrogen and oxygen atoms in total. The van der Waals surface area contributed by atoms with Crippen LogP contribution in [0.2, 0.25) is 0 Å². The molecule has 4 N–H and O–H groups in total. The summed E-state index contributed by atoms with van der Waals surface area (Å²) in [5.41, 5.74) is 10.4. The molecule has 0 aromatic heterocycles. The van der Waals surface area contributed by atoms with E-state index in [1.165, 1.54) is 0 Å². The van der Waals surface area contributed by atoms with Crippen molar-refractivity contribution in [2.45, 2.75) is 18.9 Å². The molecular weight excluding hydrogens is 350 g/mol. The molecule has 2 amide bonds. The molecule has 140 valence electrons. The number of amides is 2. The Bertz CT molecular complexity index is 1030. The molecule has 5 heteroatoms. The van der Waals surface area contributed by atoms with Gasteiger partial charge in [-0.1, -0.05) is 36.4 Å².